The number of fused-ring (bicyclic) bond motifs is 1. The number of amides is 1. The van der Waals surface area contributed by atoms with Gasteiger partial charge < -0.3 is 19.3 Å². The predicted molar refractivity (Wildman–Crippen MR) is 138 cm³/mol. The molecule has 0 spiro atoms. The van der Waals surface area contributed by atoms with Gasteiger partial charge in [0.1, 0.15) is 11.4 Å². The summed E-state index contributed by atoms with van der Waals surface area (Å²) >= 11 is 0. The minimum Gasteiger partial charge on any atom is -0.508 e. The molecule has 5 nitrogen and oxygen atoms in total. The van der Waals surface area contributed by atoms with E-state index in [0.29, 0.717) is 19.0 Å². The van der Waals surface area contributed by atoms with E-state index in [0.717, 1.165) is 24.9 Å². The molecule has 1 fully saturated rings. The average Bonchev–Trinajstić information content (AvgIpc) is 3.10. The summed E-state index contributed by atoms with van der Waals surface area (Å²) in [4.78, 5) is 14.3. The van der Waals surface area contributed by atoms with Crippen LogP contribution in [0.4, 0.5) is 4.79 Å². The Bertz CT molecular complexity index is 1160. The summed E-state index contributed by atoms with van der Waals surface area (Å²) in [5.74, 6) is 0.650. The van der Waals surface area contributed by atoms with Crippen molar-refractivity contribution in [2.45, 2.75) is 77.9 Å². The van der Waals surface area contributed by atoms with Crippen LogP contribution in [0.1, 0.15) is 77.0 Å². The molecule has 5 heteroatoms. The van der Waals surface area contributed by atoms with Crippen molar-refractivity contribution in [1.82, 2.24) is 9.47 Å². The number of hydrogen-bond donors (Lipinski definition) is 1. The zero-order chi connectivity index (χ0) is 24.7. The van der Waals surface area contributed by atoms with Gasteiger partial charge in [-0.3, -0.25) is 0 Å². The summed E-state index contributed by atoms with van der Waals surface area (Å²) in [7, 11) is 0. The van der Waals surface area contributed by atoms with Crippen LogP contribution in [-0.4, -0.2) is 39.4 Å². The van der Waals surface area contributed by atoms with Gasteiger partial charge in [0.05, 0.1) is 5.52 Å². The molecule has 1 aliphatic heterocycles. The summed E-state index contributed by atoms with van der Waals surface area (Å²) in [6, 6.07) is 14.5. The molecule has 1 aliphatic rings. The van der Waals surface area contributed by atoms with E-state index in [-0.39, 0.29) is 17.3 Å². The number of nitrogens with zero attached hydrogens (tertiary/aromatic N) is 2. The van der Waals surface area contributed by atoms with Gasteiger partial charge in [0.2, 0.25) is 0 Å². The number of hydrogen-bond acceptors (Lipinski definition) is 3. The van der Waals surface area contributed by atoms with Gasteiger partial charge in [0.25, 0.3) is 0 Å². The van der Waals surface area contributed by atoms with E-state index in [2.05, 4.69) is 55.8 Å². The quantitative estimate of drug-likeness (QED) is 0.465. The van der Waals surface area contributed by atoms with Crippen LogP contribution in [0.5, 0.6) is 5.75 Å². The lowest BCUT2D eigenvalue weighted by Gasteiger charge is -2.33. The Labute approximate surface area is 203 Å². The van der Waals surface area contributed by atoms with Crippen molar-refractivity contribution < 1.29 is 14.6 Å². The van der Waals surface area contributed by atoms with Crippen molar-refractivity contribution in [3.05, 3.63) is 65.4 Å². The molecule has 2 heterocycles. The molecule has 1 aromatic heterocycles. The number of likely N-dealkylation sites (tertiary alicyclic amines) is 1. The molecule has 0 radical (unpaired) electrons. The van der Waals surface area contributed by atoms with Gasteiger partial charge in [-0.05, 0) is 73.8 Å². The number of phenolic OH excluding ortho intramolecular Hbond substituents is 1. The number of benzene rings is 2. The molecule has 3 aromatic rings. The van der Waals surface area contributed by atoms with Gasteiger partial charge in [0.15, 0.2) is 0 Å². The molecule has 0 unspecified atom stereocenters. The van der Waals surface area contributed by atoms with Gasteiger partial charge >= 0.3 is 6.09 Å². The Morgan fingerprint density at radius 3 is 2.24 bits per heavy atom. The first-order chi connectivity index (χ1) is 15.9. The highest BCUT2D eigenvalue weighted by Gasteiger charge is 2.29. The molecular weight excluding hydrogens is 424 g/mol. The molecule has 0 bridgehead atoms. The van der Waals surface area contributed by atoms with Crippen molar-refractivity contribution in [2.75, 3.05) is 13.1 Å². The molecule has 34 heavy (non-hydrogen) atoms. The standard InChI is InChI=1S/C29H38N2O3/c1-28(2,3)22-9-7-20(8-10-22)18-31-19-25(24-12-11-23(32)17-26(24)31)21-13-15-30(16-14-21)27(33)34-29(4,5)6/h7-12,17,19,21,32H,13-16,18H2,1-6H3. The molecule has 4 rings (SSSR count). The minimum absolute atomic E-state index is 0.131. The Morgan fingerprint density at radius 2 is 1.65 bits per heavy atom. The first kappa shape index (κ1) is 24.2. The van der Waals surface area contributed by atoms with Crippen molar-refractivity contribution in [3.8, 4) is 5.75 Å². The van der Waals surface area contributed by atoms with E-state index in [1.54, 1.807) is 6.07 Å². The second-order valence-electron chi connectivity index (χ2n) is 11.6. The Kier molecular flexibility index (Phi) is 6.41. The van der Waals surface area contributed by atoms with Gasteiger partial charge in [0, 0.05) is 37.3 Å². The van der Waals surface area contributed by atoms with E-state index in [1.165, 1.54) is 22.1 Å². The second kappa shape index (κ2) is 9.01. The van der Waals surface area contributed by atoms with E-state index in [1.807, 2.05) is 37.8 Å². The van der Waals surface area contributed by atoms with Crippen LogP contribution < -0.4 is 0 Å². The highest BCUT2D eigenvalue weighted by atomic mass is 16.6. The number of phenols is 1. The van der Waals surface area contributed by atoms with E-state index in [9.17, 15) is 9.90 Å². The lowest BCUT2D eigenvalue weighted by Crippen LogP contribution is -2.41. The number of carbonyl (C=O) groups excluding carboxylic acids is 1. The van der Waals surface area contributed by atoms with Crippen molar-refractivity contribution in [2.24, 2.45) is 0 Å². The van der Waals surface area contributed by atoms with Gasteiger partial charge in [-0.15, -0.1) is 0 Å². The molecule has 1 saturated heterocycles. The van der Waals surface area contributed by atoms with Crippen molar-refractivity contribution in [1.29, 1.82) is 0 Å². The maximum absolute atomic E-state index is 12.5. The smallest absolute Gasteiger partial charge is 0.410 e. The maximum atomic E-state index is 12.5. The highest BCUT2D eigenvalue weighted by molar-refractivity contribution is 5.86. The summed E-state index contributed by atoms with van der Waals surface area (Å²) in [5.41, 5.74) is 4.55. The largest absolute Gasteiger partial charge is 0.508 e. The molecule has 0 saturated carbocycles. The van der Waals surface area contributed by atoms with Crippen molar-refractivity contribution in [3.63, 3.8) is 0 Å². The van der Waals surface area contributed by atoms with Crippen LogP contribution in [-0.2, 0) is 16.7 Å². The zero-order valence-corrected chi connectivity index (χ0v) is 21.4. The molecule has 0 aliphatic carbocycles. The van der Waals surface area contributed by atoms with E-state index >= 15 is 0 Å². The van der Waals surface area contributed by atoms with Gasteiger partial charge in [-0.2, -0.15) is 0 Å². The zero-order valence-electron chi connectivity index (χ0n) is 21.4. The van der Waals surface area contributed by atoms with Gasteiger partial charge in [-0.1, -0.05) is 45.0 Å². The third-order valence-corrected chi connectivity index (χ3v) is 6.66. The summed E-state index contributed by atoms with van der Waals surface area (Å²) in [6.07, 6.45) is 3.83. The monoisotopic (exact) mass is 462 g/mol. The summed E-state index contributed by atoms with van der Waals surface area (Å²) < 4.78 is 7.80. The Balaban J connectivity index is 1.55. The van der Waals surface area contributed by atoms with Crippen molar-refractivity contribution >= 4 is 17.0 Å². The summed E-state index contributed by atoms with van der Waals surface area (Å²) in [5, 5.41) is 11.4. The van der Waals surface area contributed by atoms with Gasteiger partial charge in [-0.25, -0.2) is 4.79 Å². The highest BCUT2D eigenvalue weighted by Crippen LogP contribution is 2.36. The first-order valence-corrected chi connectivity index (χ1v) is 12.3. The van der Waals surface area contributed by atoms with Crippen LogP contribution in [0.3, 0.4) is 0 Å². The second-order valence-corrected chi connectivity index (χ2v) is 11.6. The van der Waals surface area contributed by atoms with E-state index in [4.69, 9.17) is 4.74 Å². The number of piperidine rings is 1. The third kappa shape index (κ3) is 5.40. The Hall–Kier alpha value is -2.95. The molecule has 182 valence electrons. The number of aromatic hydroxyl groups is 1. The maximum Gasteiger partial charge on any atom is 0.410 e. The number of carbonyl (C=O) groups is 1. The third-order valence-electron chi connectivity index (χ3n) is 6.66. The normalized spacial score (nSPS) is 15.6. The number of ether oxygens (including phenoxy) is 1. The first-order valence-electron chi connectivity index (χ1n) is 12.3. The topological polar surface area (TPSA) is 54.7 Å². The fraction of sp³-hybridized carbons (Fsp3) is 0.483. The molecule has 0 atom stereocenters. The lowest BCUT2D eigenvalue weighted by atomic mass is 9.87. The van der Waals surface area contributed by atoms with Crippen LogP contribution in [0.15, 0.2) is 48.7 Å². The van der Waals surface area contributed by atoms with E-state index < -0.39 is 5.60 Å². The van der Waals surface area contributed by atoms with Crippen LogP contribution in [0, 0.1) is 0 Å². The lowest BCUT2D eigenvalue weighted by molar-refractivity contribution is 0.0205. The Morgan fingerprint density at radius 1 is 1.00 bits per heavy atom. The van der Waals surface area contributed by atoms with Crippen LogP contribution >= 0.6 is 0 Å². The molecule has 1 N–H and O–H groups in total. The SMILES string of the molecule is CC(C)(C)OC(=O)N1CCC(c2cn(Cc3ccc(C(C)(C)C)cc3)c3cc(O)ccc23)CC1. The minimum atomic E-state index is -0.478. The molecule has 2 aromatic carbocycles. The van der Waals surface area contributed by atoms with Crippen LogP contribution in [0.2, 0.25) is 0 Å². The average molecular weight is 463 g/mol. The summed E-state index contributed by atoms with van der Waals surface area (Å²) in [6.45, 7) is 14.5. The molecular formula is C29H38N2O3. The fourth-order valence-corrected chi connectivity index (χ4v) is 4.77. The fourth-order valence-electron chi connectivity index (χ4n) is 4.77. The number of rotatable bonds is 3. The predicted octanol–water partition coefficient (Wildman–Crippen LogP) is 6.81. The molecule has 1 amide bonds. The number of aromatic nitrogens is 1. The van der Waals surface area contributed by atoms with Crippen LogP contribution in [0.25, 0.3) is 10.9 Å².